The quantitative estimate of drug-likeness (QED) is 0.720. The summed E-state index contributed by atoms with van der Waals surface area (Å²) in [5.41, 5.74) is -0.554. The molecular weight excluding hydrogens is 244 g/mol. The normalized spacial score (nSPS) is 17.0. The predicted octanol–water partition coefficient (Wildman–Crippen LogP) is 2.03. The van der Waals surface area contributed by atoms with Gasteiger partial charge in [-0.3, -0.25) is 9.69 Å². The van der Waals surface area contributed by atoms with E-state index in [9.17, 15) is 9.59 Å². The first-order chi connectivity index (χ1) is 8.72. The van der Waals surface area contributed by atoms with Crippen LogP contribution in [-0.2, 0) is 9.53 Å². The van der Waals surface area contributed by atoms with Gasteiger partial charge in [0.1, 0.15) is 11.6 Å². The molecule has 1 heterocycles. The molecule has 1 aliphatic rings. The van der Waals surface area contributed by atoms with Crippen LogP contribution in [0.2, 0.25) is 0 Å². The summed E-state index contributed by atoms with van der Waals surface area (Å²) in [6, 6.07) is -0.513. The molecule has 0 aromatic carbocycles. The third-order valence-corrected chi connectivity index (χ3v) is 2.99. The Balaban J connectivity index is 2.60. The summed E-state index contributed by atoms with van der Waals surface area (Å²) < 4.78 is 5.26. The average Bonchev–Trinajstić information content (AvgIpc) is 2.35. The molecule has 1 atom stereocenters. The summed E-state index contributed by atoms with van der Waals surface area (Å²) in [4.78, 5) is 27.3. The van der Waals surface area contributed by atoms with E-state index in [0.717, 1.165) is 6.42 Å². The molecule has 0 saturated carbocycles. The molecule has 0 aromatic heterocycles. The molecule has 0 aromatic rings. The first-order valence-corrected chi connectivity index (χ1v) is 6.62. The van der Waals surface area contributed by atoms with Crippen molar-refractivity contribution in [1.29, 1.82) is 0 Å². The number of hydrogen-bond donors (Lipinski definition) is 0. The van der Waals surface area contributed by atoms with E-state index in [2.05, 4.69) is 6.08 Å². The van der Waals surface area contributed by atoms with Crippen LogP contribution in [0.1, 0.15) is 34.1 Å². The van der Waals surface area contributed by atoms with Crippen molar-refractivity contribution in [2.45, 2.75) is 45.8 Å². The first-order valence-electron chi connectivity index (χ1n) is 6.62. The molecule has 0 radical (unpaired) electrons. The Morgan fingerprint density at radius 3 is 2.42 bits per heavy atom. The number of amides is 2. The van der Waals surface area contributed by atoms with Gasteiger partial charge in [-0.15, -0.1) is 0 Å². The Bertz CT molecular complexity index is 371. The lowest BCUT2D eigenvalue weighted by atomic mass is 10.2. The number of nitrogens with zero attached hydrogens (tertiary/aromatic N) is 2. The van der Waals surface area contributed by atoms with E-state index in [0.29, 0.717) is 13.1 Å². The SMILES string of the molecule is C[C@@H](C(=O)N1CC=CCC1)N(C)C(=O)OC(C)(C)C. The number of hydrogen-bond acceptors (Lipinski definition) is 3. The Morgan fingerprint density at radius 1 is 1.32 bits per heavy atom. The highest BCUT2D eigenvalue weighted by Gasteiger charge is 2.29. The number of carbonyl (C=O) groups is 2. The molecule has 0 bridgehead atoms. The molecule has 5 nitrogen and oxygen atoms in total. The second kappa shape index (κ2) is 6.08. The largest absolute Gasteiger partial charge is 0.444 e. The summed E-state index contributed by atoms with van der Waals surface area (Å²) in [5.74, 6) is -0.0438. The minimum absolute atomic E-state index is 0.0438. The lowest BCUT2D eigenvalue weighted by Crippen LogP contribution is -2.49. The first kappa shape index (κ1) is 15.5. The molecule has 0 saturated heterocycles. The molecule has 5 heteroatoms. The van der Waals surface area contributed by atoms with Gasteiger partial charge in [-0.05, 0) is 34.1 Å². The molecule has 1 aliphatic heterocycles. The summed E-state index contributed by atoms with van der Waals surface area (Å²) >= 11 is 0. The van der Waals surface area contributed by atoms with Crippen LogP contribution in [0.4, 0.5) is 4.79 Å². The Morgan fingerprint density at radius 2 is 1.95 bits per heavy atom. The van der Waals surface area contributed by atoms with Crippen molar-refractivity contribution in [3.8, 4) is 0 Å². The van der Waals surface area contributed by atoms with E-state index in [1.54, 1.807) is 39.6 Å². The predicted molar refractivity (Wildman–Crippen MR) is 73.8 cm³/mol. The van der Waals surface area contributed by atoms with Crippen LogP contribution in [0.25, 0.3) is 0 Å². The molecular formula is C14H24N2O3. The third-order valence-electron chi connectivity index (χ3n) is 2.99. The molecule has 2 amide bonds. The highest BCUT2D eigenvalue weighted by atomic mass is 16.6. The Hall–Kier alpha value is -1.52. The fourth-order valence-electron chi connectivity index (χ4n) is 1.76. The maximum Gasteiger partial charge on any atom is 0.410 e. The molecule has 0 spiro atoms. The molecule has 1 rings (SSSR count). The van der Waals surface area contributed by atoms with Crippen molar-refractivity contribution in [1.82, 2.24) is 9.80 Å². The van der Waals surface area contributed by atoms with Crippen molar-refractivity contribution < 1.29 is 14.3 Å². The lowest BCUT2D eigenvalue weighted by Gasteiger charge is -2.32. The van der Waals surface area contributed by atoms with Crippen LogP contribution in [0.15, 0.2) is 12.2 Å². The van der Waals surface area contributed by atoms with Gasteiger partial charge in [-0.25, -0.2) is 4.79 Å². The van der Waals surface area contributed by atoms with Gasteiger partial charge in [0.05, 0.1) is 0 Å². The van der Waals surface area contributed by atoms with E-state index in [-0.39, 0.29) is 5.91 Å². The summed E-state index contributed by atoms with van der Waals surface area (Å²) in [6.45, 7) is 8.47. The van der Waals surface area contributed by atoms with E-state index >= 15 is 0 Å². The van der Waals surface area contributed by atoms with Crippen molar-refractivity contribution >= 4 is 12.0 Å². The highest BCUT2D eigenvalue weighted by Crippen LogP contribution is 2.12. The van der Waals surface area contributed by atoms with Gasteiger partial charge < -0.3 is 9.64 Å². The van der Waals surface area contributed by atoms with Crippen LogP contribution in [-0.4, -0.2) is 53.6 Å². The van der Waals surface area contributed by atoms with Crippen molar-refractivity contribution in [2.75, 3.05) is 20.1 Å². The fraction of sp³-hybridized carbons (Fsp3) is 0.714. The highest BCUT2D eigenvalue weighted by molar-refractivity contribution is 5.85. The van der Waals surface area contributed by atoms with Crippen LogP contribution < -0.4 is 0 Å². The molecule has 0 fully saturated rings. The summed E-state index contributed by atoms with van der Waals surface area (Å²) in [5, 5.41) is 0. The molecule has 19 heavy (non-hydrogen) atoms. The Kier molecular flexibility index (Phi) is 4.97. The second-order valence-electron chi connectivity index (χ2n) is 5.81. The Labute approximate surface area is 115 Å². The smallest absolute Gasteiger partial charge is 0.410 e. The molecule has 0 aliphatic carbocycles. The van der Waals surface area contributed by atoms with E-state index in [1.807, 2.05) is 6.08 Å². The molecule has 0 N–H and O–H groups in total. The van der Waals surface area contributed by atoms with Gasteiger partial charge >= 0.3 is 6.09 Å². The number of carbonyl (C=O) groups excluding carboxylic acids is 2. The van der Waals surface area contributed by atoms with Gasteiger partial charge in [-0.1, -0.05) is 12.2 Å². The van der Waals surface area contributed by atoms with Crippen LogP contribution >= 0.6 is 0 Å². The average molecular weight is 268 g/mol. The minimum atomic E-state index is -0.554. The van der Waals surface area contributed by atoms with E-state index in [1.165, 1.54) is 4.90 Å². The monoisotopic (exact) mass is 268 g/mol. The van der Waals surface area contributed by atoms with Gasteiger partial charge in [0, 0.05) is 20.1 Å². The maximum absolute atomic E-state index is 12.3. The fourth-order valence-corrected chi connectivity index (χ4v) is 1.76. The zero-order chi connectivity index (χ0) is 14.6. The number of rotatable bonds is 2. The van der Waals surface area contributed by atoms with E-state index < -0.39 is 17.7 Å². The van der Waals surface area contributed by atoms with Crippen LogP contribution in [0.3, 0.4) is 0 Å². The van der Waals surface area contributed by atoms with Gasteiger partial charge in [0.15, 0.2) is 0 Å². The maximum atomic E-state index is 12.3. The second-order valence-corrected chi connectivity index (χ2v) is 5.81. The van der Waals surface area contributed by atoms with E-state index in [4.69, 9.17) is 4.74 Å². The number of likely N-dealkylation sites (N-methyl/N-ethyl adjacent to an activating group) is 1. The lowest BCUT2D eigenvalue weighted by molar-refractivity contribution is -0.135. The topological polar surface area (TPSA) is 49.9 Å². The van der Waals surface area contributed by atoms with Crippen molar-refractivity contribution in [3.05, 3.63) is 12.2 Å². The van der Waals surface area contributed by atoms with Gasteiger partial charge in [0.2, 0.25) is 5.91 Å². The summed E-state index contributed by atoms with van der Waals surface area (Å²) in [6.07, 6.45) is 4.43. The zero-order valence-electron chi connectivity index (χ0n) is 12.5. The summed E-state index contributed by atoms with van der Waals surface area (Å²) in [7, 11) is 1.59. The molecule has 0 unspecified atom stereocenters. The van der Waals surface area contributed by atoms with Gasteiger partial charge in [-0.2, -0.15) is 0 Å². The van der Waals surface area contributed by atoms with Crippen LogP contribution in [0, 0.1) is 0 Å². The standard InChI is InChI=1S/C14H24N2O3/c1-11(12(17)16-9-7-6-8-10-16)15(5)13(18)19-14(2,3)4/h6-7,11H,8-10H2,1-5H3/t11-/m0/s1. The number of ether oxygens (including phenoxy) is 1. The zero-order valence-corrected chi connectivity index (χ0v) is 12.5. The third kappa shape index (κ3) is 4.58. The van der Waals surface area contributed by atoms with Gasteiger partial charge in [0.25, 0.3) is 0 Å². The molecule has 108 valence electrons. The van der Waals surface area contributed by atoms with Crippen molar-refractivity contribution in [3.63, 3.8) is 0 Å². The minimum Gasteiger partial charge on any atom is -0.444 e. The van der Waals surface area contributed by atoms with Crippen LogP contribution in [0.5, 0.6) is 0 Å². The van der Waals surface area contributed by atoms with Crippen molar-refractivity contribution in [2.24, 2.45) is 0 Å².